The SMILES string of the molecule is Cc1c(C(=O)N(CC(N)=O)CC(=O)O)cnn1C. The first-order chi connectivity index (χ1) is 8.32. The molecule has 2 amide bonds. The van der Waals surface area contributed by atoms with Gasteiger partial charge in [-0.05, 0) is 6.92 Å². The standard InChI is InChI=1S/C10H14N4O4/c1-6-7(3-12-13(6)2)10(18)14(4-8(11)15)5-9(16)17/h3H,4-5H2,1-2H3,(H2,11,15)(H,16,17). The molecule has 3 N–H and O–H groups in total. The van der Waals surface area contributed by atoms with Gasteiger partial charge in [0.2, 0.25) is 5.91 Å². The van der Waals surface area contributed by atoms with Crippen molar-refractivity contribution in [3.8, 4) is 0 Å². The summed E-state index contributed by atoms with van der Waals surface area (Å²) >= 11 is 0. The van der Waals surface area contributed by atoms with Gasteiger partial charge in [-0.1, -0.05) is 0 Å². The van der Waals surface area contributed by atoms with Gasteiger partial charge in [-0.15, -0.1) is 0 Å². The number of nitrogens with zero attached hydrogens (tertiary/aromatic N) is 3. The number of amides is 2. The fourth-order valence-corrected chi connectivity index (χ4v) is 1.43. The molecule has 0 saturated heterocycles. The normalized spacial score (nSPS) is 10.1. The largest absolute Gasteiger partial charge is 0.480 e. The van der Waals surface area contributed by atoms with Crippen molar-refractivity contribution in [1.82, 2.24) is 14.7 Å². The smallest absolute Gasteiger partial charge is 0.323 e. The second kappa shape index (κ2) is 5.30. The van der Waals surface area contributed by atoms with Gasteiger partial charge in [0.25, 0.3) is 5.91 Å². The van der Waals surface area contributed by atoms with Gasteiger partial charge in [0.1, 0.15) is 13.1 Å². The number of aliphatic carboxylic acids is 1. The number of aromatic nitrogens is 2. The third kappa shape index (κ3) is 3.06. The average Bonchev–Trinajstić information content (AvgIpc) is 2.56. The number of carboxylic acids is 1. The topological polar surface area (TPSA) is 119 Å². The molecule has 8 nitrogen and oxygen atoms in total. The van der Waals surface area contributed by atoms with Crippen LogP contribution in [0.3, 0.4) is 0 Å². The zero-order valence-corrected chi connectivity index (χ0v) is 10.1. The van der Waals surface area contributed by atoms with E-state index in [0.29, 0.717) is 5.69 Å². The van der Waals surface area contributed by atoms with Crippen LogP contribution in [0.5, 0.6) is 0 Å². The van der Waals surface area contributed by atoms with Crippen molar-refractivity contribution in [3.63, 3.8) is 0 Å². The molecule has 18 heavy (non-hydrogen) atoms. The highest BCUT2D eigenvalue weighted by Gasteiger charge is 2.23. The van der Waals surface area contributed by atoms with Crippen LogP contribution < -0.4 is 5.73 Å². The molecular formula is C10H14N4O4. The van der Waals surface area contributed by atoms with Crippen LogP contribution in [-0.4, -0.2) is 50.7 Å². The van der Waals surface area contributed by atoms with Crippen LogP contribution >= 0.6 is 0 Å². The van der Waals surface area contributed by atoms with E-state index in [4.69, 9.17) is 10.8 Å². The van der Waals surface area contributed by atoms with Crippen molar-refractivity contribution in [2.45, 2.75) is 6.92 Å². The summed E-state index contributed by atoms with van der Waals surface area (Å²) in [5, 5.41) is 12.6. The Morgan fingerprint density at radius 3 is 2.44 bits per heavy atom. The van der Waals surface area contributed by atoms with Crippen molar-refractivity contribution in [1.29, 1.82) is 0 Å². The lowest BCUT2D eigenvalue weighted by Crippen LogP contribution is -2.41. The molecule has 1 heterocycles. The quantitative estimate of drug-likeness (QED) is 0.679. The predicted octanol–water partition coefficient (Wildman–Crippen LogP) is -1.26. The molecule has 8 heteroatoms. The van der Waals surface area contributed by atoms with E-state index >= 15 is 0 Å². The predicted molar refractivity (Wildman–Crippen MR) is 60.7 cm³/mol. The summed E-state index contributed by atoms with van der Waals surface area (Å²) < 4.78 is 1.48. The highest BCUT2D eigenvalue weighted by atomic mass is 16.4. The number of primary amides is 1. The fraction of sp³-hybridized carbons (Fsp3) is 0.400. The molecule has 0 atom stereocenters. The molecule has 0 aliphatic rings. The minimum absolute atomic E-state index is 0.250. The highest BCUT2D eigenvalue weighted by molar-refractivity contribution is 5.98. The fourth-order valence-electron chi connectivity index (χ4n) is 1.43. The number of nitrogens with two attached hydrogens (primary N) is 1. The summed E-state index contributed by atoms with van der Waals surface area (Å²) in [5.74, 6) is -2.57. The van der Waals surface area contributed by atoms with E-state index in [9.17, 15) is 14.4 Å². The van der Waals surface area contributed by atoms with Gasteiger partial charge in [0.05, 0.1) is 11.8 Å². The Bertz CT molecular complexity index is 478. The molecule has 1 aromatic heterocycles. The van der Waals surface area contributed by atoms with Crippen LogP contribution in [-0.2, 0) is 16.6 Å². The van der Waals surface area contributed by atoms with Gasteiger partial charge in [-0.3, -0.25) is 19.1 Å². The number of carbonyl (C=O) groups excluding carboxylic acids is 2. The lowest BCUT2D eigenvalue weighted by atomic mass is 10.2. The summed E-state index contributed by atoms with van der Waals surface area (Å²) in [6.07, 6.45) is 1.33. The molecule has 0 saturated carbocycles. The lowest BCUT2D eigenvalue weighted by molar-refractivity contribution is -0.138. The number of aryl methyl sites for hydroxylation is 1. The molecule has 0 spiro atoms. The lowest BCUT2D eigenvalue weighted by Gasteiger charge is -2.18. The third-order valence-corrected chi connectivity index (χ3v) is 2.43. The highest BCUT2D eigenvalue weighted by Crippen LogP contribution is 2.09. The van der Waals surface area contributed by atoms with E-state index in [0.717, 1.165) is 4.90 Å². The van der Waals surface area contributed by atoms with Crippen molar-refractivity contribution < 1.29 is 19.5 Å². The first kappa shape index (κ1) is 13.7. The number of rotatable bonds is 5. The minimum atomic E-state index is -1.22. The van der Waals surface area contributed by atoms with Crippen LogP contribution in [0.4, 0.5) is 0 Å². The third-order valence-electron chi connectivity index (χ3n) is 2.43. The number of hydrogen-bond donors (Lipinski definition) is 2. The summed E-state index contributed by atoms with van der Waals surface area (Å²) in [6, 6.07) is 0. The Kier molecular flexibility index (Phi) is 4.03. The van der Waals surface area contributed by atoms with E-state index in [2.05, 4.69) is 5.10 Å². The zero-order valence-electron chi connectivity index (χ0n) is 10.1. The van der Waals surface area contributed by atoms with E-state index in [-0.39, 0.29) is 5.56 Å². The molecule has 0 aromatic carbocycles. The van der Waals surface area contributed by atoms with E-state index in [1.165, 1.54) is 10.9 Å². The Hall–Kier alpha value is -2.38. The molecule has 1 rings (SSSR count). The Labute approximate surface area is 103 Å². The summed E-state index contributed by atoms with van der Waals surface area (Å²) in [5.41, 5.74) is 5.81. The zero-order chi connectivity index (χ0) is 13.9. The molecule has 0 radical (unpaired) electrons. The van der Waals surface area contributed by atoms with Crippen molar-refractivity contribution in [2.24, 2.45) is 12.8 Å². The summed E-state index contributed by atoms with van der Waals surface area (Å²) in [4.78, 5) is 34.4. The van der Waals surface area contributed by atoms with Crippen LogP contribution in [0.1, 0.15) is 16.1 Å². The van der Waals surface area contributed by atoms with Crippen LogP contribution in [0.2, 0.25) is 0 Å². The monoisotopic (exact) mass is 254 g/mol. The van der Waals surface area contributed by atoms with E-state index in [1.807, 2.05) is 0 Å². The molecule has 98 valence electrons. The summed E-state index contributed by atoms with van der Waals surface area (Å²) in [7, 11) is 1.65. The van der Waals surface area contributed by atoms with Gasteiger partial charge in [0, 0.05) is 12.7 Å². The molecule has 0 aliphatic carbocycles. The number of carbonyl (C=O) groups is 3. The van der Waals surface area contributed by atoms with Gasteiger partial charge in [-0.2, -0.15) is 5.10 Å². The maximum Gasteiger partial charge on any atom is 0.323 e. The summed E-state index contributed by atoms with van der Waals surface area (Å²) in [6.45, 7) is 0.638. The van der Waals surface area contributed by atoms with Gasteiger partial charge < -0.3 is 15.7 Å². The van der Waals surface area contributed by atoms with Gasteiger partial charge in [0.15, 0.2) is 0 Å². The molecule has 0 unspecified atom stereocenters. The maximum atomic E-state index is 12.1. The second-order valence-corrected chi connectivity index (χ2v) is 3.79. The molecule has 0 aliphatic heterocycles. The average molecular weight is 254 g/mol. The first-order valence-electron chi connectivity index (χ1n) is 5.11. The Morgan fingerprint density at radius 2 is 2.06 bits per heavy atom. The molecule has 0 fully saturated rings. The first-order valence-corrected chi connectivity index (χ1v) is 5.11. The van der Waals surface area contributed by atoms with Crippen molar-refractivity contribution in [2.75, 3.05) is 13.1 Å². The van der Waals surface area contributed by atoms with Crippen LogP contribution in [0, 0.1) is 6.92 Å². The van der Waals surface area contributed by atoms with Crippen LogP contribution in [0.15, 0.2) is 6.20 Å². The molecular weight excluding hydrogens is 240 g/mol. The number of carboxylic acid groups (broad SMARTS) is 1. The van der Waals surface area contributed by atoms with Gasteiger partial charge >= 0.3 is 5.97 Å². The Morgan fingerprint density at radius 1 is 1.44 bits per heavy atom. The van der Waals surface area contributed by atoms with E-state index in [1.54, 1.807) is 14.0 Å². The Balaban J connectivity index is 2.98. The van der Waals surface area contributed by atoms with Gasteiger partial charge in [-0.25, -0.2) is 0 Å². The maximum absolute atomic E-state index is 12.1. The van der Waals surface area contributed by atoms with E-state index < -0.39 is 30.9 Å². The van der Waals surface area contributed by atoms with Crippen LogP contribution in [0.25, 0.3) is 0 Å². The minimum Gasteiger partial charge on any atom is -0.480 e. The molecule has 0 bridgehead atoms. The van der Waals surface area contributed by atoms with Crippen molar-refractivity contribution >= 4 is 17.8 Å². The molecule has 1 aromatic rings. The second-order valence-electron chi connectivity index (χ2n) is 3.79. The number of hydrogen-bond acceptors (Lipinski definition) is 4. The van der Waals surface area contributed by atoms with Crippen molar-refractivity contribution in [3.05, 3.63) is 17.5 Å².